The molecule has 1 aliphatic carbocycles. The molecule has 2 aromatic heterocycles. The Bertz CT molecular complexity index is 1330. The normalized spacial score (nSPS) is 17.2. The Morgan fingerprint density at radius 2 is 2.05 bits per heavy atom. The van der Waals surface area contributed by atoms with Crippen molar-refractivity contribution in [1.29, 1.82) is 0 Å². The van der Waals surface area contributed by atoms with E-state index in [1.54, 1.807) is 18.2 Å². The number of hydrogen-bond donors (Lipinski definition) is 3. The first-order valence-corrected chi connectivity index (χ1v) is 12.3. The summed E-state index contributed by atoms with van der Waals surface area (Å²) in [6, 6.07) is 5.93. The second-order valence-corrected chi connectivity index (χ2v) is 9.26. The number of nitrogens with zero attached hydrogens (tertiary/aromatic N) is 5. The van der Waals surface area contributed by atoms with E-state index in [-0.39, 0.29) is 29.3 Å². The molecule has 1 aromatic carbocycles. The standard InChI is InChI=1S/C26H30N8O3/c1-3-22(35)33-11-5-6-18(15-33)34-14-17(12-29-34)30-26-28-13-20(24(27)36)25(32-26)31-23-19(16-9-10-16)7-4-8-21(23)37-2/h3-4,7-8,12-14,16,18H,1,5-6,9-11,15H2,2H3,(H2,27,36)(H2,28,30,31,32). The summed E-state index contributed by atoms with van der Waals surface area (Å²) < 4.78 is 7.42. The second-order valence-electron chi connectivity index (χ2n) is 9.26. The van der Waals surface area contributed by atoms with E-state index in [2.05, 4.69) is 38.3 Å². The van der Waals surface area contributed by atoms with E-state index in [9.17, 15) is 9.59 Å². The number of ether oxygens (including phenoxy) is 1. The highest BCUT2D eigenvalue weighted by atomic mass is 16.5. The van der Waals surface area contributed by atoms with Crippen LogP contribution in [0.2, 0.25) is 0 Å². The third kappa shape index (κ3) is 5.25. The lowest BCUT2D eigenvalue weighted by molar-refractivity contribution is -0.127. The van der Waals surface area contributed by atoms with Crippen molar-refractivity contribution in [3.05, 3.63) is 60.6 Å². The van der Waals surface area contributed by atoms with E-state index in [4.69, 9.17) is 10.5 Å². The number of amides is 2. The average Bonchev–Trinajstić information content (AvgIpc) is 3.66. The molecule has 0 spiro atoms. The predicted octanol–water partition coefficient (Wildman–Crippen LogP) is 3.49. The number of rotatable bonds is 9. The van der Waals surface area contributed by atoms with Crippen molar-refractivity contribution < 1.29 is 14.3 Å². The molecule has 0 bridgehead atoms. The Kier molecular flexibility index (Phi) is 6.76. The average molecular weight is 503 g/mol. The summed E-state index contributed by atoms with van der Waals surface area (Å²) in [6.07, 6.45) is 10.3. The Morgan fingerprint density at radius 3 is 2.78 bits per heavy atom. The zero-order valence-corrected chi connectivity index (χ0v) is 20.7. The number of carbonyl (C=O) groups excluding carboxylic acids is 2. The van der Waals surface area contributed by atoms with Crippen molar-refractivity contribution in [3.63, 3.8) is 0 Å². The Balaban J connectivity index is 1.38. The van der Waals surface area contributed by atoms with Crippen molar-refractivity contribution in [2.75, 3.05) is 30.8 Å². The van der Waals surface area contributed by atoms with Gasteiger partial charge in [-0.05, 0) is 49.3 Å². The second kappa shape index (κ2) is 10.3. The van der Waals surface area contributed by atoms with Gasteiger partial charge in [0.05, 0.1) is 30.7 Å². The van der Waals surface area contributed by atoms with Crippen LogP contribution in [0.15, 0.2) is 49.4 Å². The minimum atomic E-state index is -0.638. The number of piperidine rings is 1. The van der Waals surface area contributed by atoms with Crippen molar-refractivity contribution >= 4 is 35.0 Å². The van der Waals surface area contributed by atoms with Gasteiger partial charge in [-0.1, -0.05) is 18.7 Å². The molecule has 3 heterocycles. The number of nitrogens with one attached hydrogen (secondary N) is 2. The molecule has 4 N–H and O–H groups in total. The highest BCUT2D eigenvalue weighted by Gasteiger charge is 2.28. The van der Waals surface area contributed by atoms with Crippen molar-refractivity contribution in [1.82, 2.24) is 24.6 Å². The van der Waals surface area contributed by atoms with Crippen molar-refractivity contribution in [2.24, 2.45) is 5.73 Å². The lowest BCUT2D eigenvalue weighted by Gasteiger charge is -2.32. The van der Waals surface area contributed by atoms with Crippen LogP contribution < -0.4 is 21.1 Å². The van der Waals surface area contributed by atoms with Crippen LogP contribution in [0.5, 0.6) is 5.75 Å². The Hall–Kier alpha value is -4.41. The maximum Gasteiger partial charge on any atom is 0.254 e. The van der Waals surface area contributed by atoms with Gasteiger partial charge >= 0.3 is 0 Å². The van der Waals surface area contributed by atoms with E-state index in [0.29, 0.717) is 23.9 Å². The fraction of sp³-hybridized carbons (Fsp3) is 0.346. The van der Waals surface area contributed by atoms with Gasteiger partial charge in [0.15, 0.2) is 0 Å². The first-order valence-electron chi connectivity index (χ1n) is 12.3. The topological polar surface area (TPSA) is 140 Å². The monoisotopic (exact) mass is 502 g/mol. The Labute approximate surface area is 214 Å². The van der Waals surface area contributed by atoms with Gasteiger partial charge in [-0.15, -0.1) is 0 Å². The van der Waals surface area contributed by atoms with Crippen LogP contribution in [0.1, 0.15) is 53.6 Å². The maximum absolute atomic E-state index is 12.1. The fourth-order valence-electron chi connectivity index (χ4n) is 4.65. The molecule has 1 saturated carbocycles. The molecule has 1 atom stereocenters. The lowest BCUT2D eigenvalue weighted by atomic mass is 10.1. The first kappa shape index (κ1) is 24.3. The molecule has 11 nitrogen and oxygen atoms in total. The number of hydrogen-bond acceptors (Lipinski definition) is 8. The molecule has 192 valence electrons. The zero-order valence-electron chi connectivity index (χ0n) is 20.7. The predicted molar refractivity (Wildman–Crippen MR) is 139 cm³/mol. The number of anilines is 4. The zero-order chi connectivity index (χ0) is 25.9. The largest absolute Gasteiger partial charge is 0.495 e. The molecule has 2 amide bonds. The summed E-state index contributed by atoms with van der Waals surface area (Å²) in [4.78, 5) is 34.8. The highest BCUT2D eigenvalue weighted by Crippen LogP contribution is 2.47. The third-order valence-electron chi connectivity index (χ3n) is 6.71. The number of likely N-dealkylation sites (tertiary alicyclic amines) is 1. The number of benzene rings is 1. The number of aromatic nitrogens is 4. The number of nitrogens with two attached hydrogens (primary N) is 1. The van der Waals surface area contributed by atoms with Gasteiger partial charge in [0.2, 0.25) is 11.9 Å². The molecule has 11 heteroatoms. The number of carbonyl (C=O) groups is 2. The van der Waals surface area contributed by atoms with Crippen molar-refractivity contribution in [3.8, 4) is 5.75 Å². The summed E-state index contributed by atoms with van der Waals surface area (Å²) in [6.45, 7) is 4.88. The van der Waals surface area contributed by atoms with E-state index >= 15 is 0 Å². The van der Waals surface area contributed by atoms with E-state index < -0.39 is 5.91 Å². The van der Waals surface area contributed by atoms with Gasteiger partial charge in [-0.25, -0.2) is 4.98 Å². The van der Waals surface area contributed by atoms with E-state index in [1.165, 1.54) is 12.3 Å². The minimum absolute atomic E-state index is 0.0648. The summed E-state index contributed by atoms with van der Waals surface area (Å²) in [7, 11) is 1.61. The van der Waals surface area contributed by atoms with E-state index in [1.807, 2.05) is 23.0 Å². The molecule has 3 aromatic rings. The van der Waals surface area contributed by atoms with Crippen molar-refractivity contribution in [2.45, 2.75) is 37.6 Å². The van der Waals surface area contributed by atoms with Gasteiger partial charge in [-0.3, -0.25) is 14.3 Å². The van der Waals surface area contributed by atoms with Gasteiger partial charge in [0.1, 0.15) is 17.1 Å². The molecule has 2 fully saturated rings. The van der Waals surface area contributed by atoms with Crippen LogP contribution in [-0.2, 0) is 4.79 Å². The molecule has 2 aliphatic rings. The van der Waals surface area contributed by atoms with Gasteiger partial charge < -0.3 is 26.0 Å². The molecule has 1 saturated heterocycles. The van der Waals surface area contributed by atoms with Crippen LogP contribution in [0.25, 0.3) is 0 Å². The summed E-state index contributed by atoms with van der Waals surface area (Å²) >= 11 is 0. The van der Waals surface area contributed by atoms with Crippen LogP contribution in [0.3, 0.4) is 0 Å². The number of primary amides is 1. The van der Waals surface area contributed by atoms with Crippen LogP contribution in [0.4, 0.5) is 23.1 Å². The molecular formula is C26H30N8O3. The Morgan fingerprint density at radius 1 is 1.22 bits per heavy atom. The minimum Gasteiger partial charge on any atom is -0.495 e. The van der Waals surface area contributed by atoms with Crippen LogP contribution in [-0.4, -0.2) is 56.7 Å². The molecule has 5 rings (SSSR count). The molecule has 37 heavy (non-hydrogen) atoms. The first-order chi connectivity index (χ1) is 18.0. The maximum atomic E-state index is 12.1. The third-order valence-corrected chi connectivity index (χ3v) is 6.71. The van der Waals surface area contributed by atoms with Gasteiger partial charge in [0.25, 0.3) is 5.91 Å². The molecular weight excluding hydrogens is 472 g/mol. The highest BCUT2D eigenvalue weighted by molar-refractivity contribution is 5.98. The van der Waals surface area contributed by atoms with Crippen LogP contribution >= 0.6 is 0 Å². The van der Waals surface area contributed by atoms with Gasteiger partial charge in [0, 0.05) is 25.5 Å². The SMILES string of the molecule is C=CC(=O)N1CCCC(n2cc(Nc3ncc(C(N)=O)c(Nc4c(OC)cccc4C4CC4)n3)cn2)C1. The van der Waals surface area contributed by atoms with Crippen LogP contribution in [0, 0.1) is 0 Å². The summed E-state index contributed by atoms with van der Waals surface area (Å²) in [5, 5.41) is 10.9. The summed E-state index contributed by atoms with van der Waals surface area (Å²) in [5.41, 5.74) is 8.35. The quantitative estimate of drug-likeness (QED) is 0.378. The van der Waals surface area contributed by atoms with Gasteiger partial charge in [-0.2, -0.15) is 10.1 Å². The number of para-hydroxylation sites is 1. The van der Waals surface area contributed by atoms with E-state index in [0.717, 1.165) is 43.5 Å². The molecule has 0 radical (unpaired) electrons. The molecule has 1 aliphatic heterocycles. The molecule has 1 unspecified atom stereocenters. The smallest absolute Gasteiger partial charge is 0.254 e. The number of methoxy groups -OCH3 is 1. The fourth-order valence-corrected chi connectivity index (χ4v) is 4.65. The summed E-state index contributed by atoms with van der Waals surface area (Å²) in [5.74, 6) is 0.957. The lowest BCUT2D eigenvalue weighted by Crippen LogP contribution is -2.39.